The van der Waals surface area contributed by atoms with E-state index in [2.05, 4.69) is 10.6 Å². The minimum atomic E-state index is -1.06. The summed E-state index contributed by atoms with van der Waals surface area (Å²) in [6, 6.07) is 3.38. The number of carboxylic acids is 1. The van der Waals surface area contributed by atoms with Crippen LogP contribution in [0.25, 0.3) is 0 Å². The van der Waals surface area contributed by atoms with E-state index in [9.17, 15) is 9.59 Å². The minimum absolute atomic E-state index is 0.205. The summed E-state index contributed by atoms with van der Waals surface area (Å²) in [5.74, 6) is -1.66. The molecule has 0 saturated heterocycles. The molecular weight excluding hydrogens is 315 g/mol. The molecule has 0 aromatic heterocycles. The Labute approximate surface area is 133 Å². The normalized spacial score (nSPS) is 13.6. The van der Waals surface area contributed by atoms with Crippen molar-refractivity contribution in [1.82, 2.24) is 5.32 Å². The van der Waals surface area contributed by atoms with Gasteiger partial charge < -0.3 is 15.7 Å². The third-order valence-electron chi connectivity index (χ3n) is 2.93. The first-order chi connectivity index (χ1) is 9.72. The van der Waals surface area contributed by atoms with Crippen molar-refractivity contribution in [2.24, 2.45) is 5.92 Å². The van der Waals surface area contributed by atoms with Crippen molar-refractivity contribution in [3.8, 4) is 0 Å². The number of carbonyl (C=O) groups is 2. The van der Waals surface area contributed by atoms with E-state index in [0.29, 0.717) is 15.7 Å². The Morgan fingerprint density at radius 3 is 2.24 bits per heavy atom. The Balaban J connectivity index is 2.69. The van der Waals surface area contributed by atoms with Gasteiger partial charge in [0, 0.05) is 5.69 Å². The number of aliphatic carboxylic acids is 1. The molecule has 1 amide bonds. The number of amides is 1. The molecule has 5 nitrogen and oxygen atoms in total. The molecule has 0 saturated carbocycles. The molecule has 21 heavy (non-hydrogen) atoms. The number of carbonyl (C=O) groups excluding carboxylic acids is 1. The van der Waals surface area contributed by atoms with Crippen LogP contribution in [0.3, 0.4) is 0 Å². The lowest BCUT2D eigenvalue weighted by Gasteiger charge is -2.21. The summed E-state index contributed by atoms with van der Waals surface area (Å²) in [5.41, 5.74) is 0.628. The molecule has 0 aliphatic carbocycles. The van der Waals surface area contributed by atoms with Gasteiger partial charge in [0.15, 0.2) is 0 Å². The molecule has 0 spiro atoms. The number of carboxylic acid groups (broad SMARTS) is 1. The minimum Gasteiger partial charge on any atom is -0.480 e. The van der Waals surface area contributed by atoms with Crippen molar-refractivity contribution in [2.45, 2.75) is 32.9 Å². The maximum absolute atomic E-state index is 12.0. The Bertz CT molecular complexity index is 535. The van der Waals surface area contributed by atoms with Gasteiger partial charge in [-0.2, -0.15) is 0 Å². The summed E-state index contributed by atoms with van der Waals surface area (Å²) in [6.07, 6.45) is 0. The van der Waals surface area contributed by atoms with Crippen LogP contribution in [0, 0.1) is 5.92 Å². The topological polar surface area (TPSA) is 78.4 Å². The second kappa shape index (κ2) is 7.52. The monoisotopic (exact) mass is 332 g/mol. The number of halogens is 2. The molecule has 3 N–H and O–H groups in total. The second-order valence-corrected chi connectivity index (χ2v) is 5.88. The maximum atomic E-state index is 12.0. The first kappa shape index (κ1) is 17.6. The van der Waals surface area contributed by atoms with Gasteiger partial charge in [0.1, 0.15) is 12.1 Å². The van der Waals surface area contributed by atoms with E-state index in [1.807, 2.05) is 0 Å². The molecular formula is C14H18Cl2N2O3. The third kappa shape index (κ3) is 5.10. The average Bonchev–Trinajstić information content (AvgIpc) is 2.39. The van der Waals surface area contributed by atoms with Crippen molar-refractivity contribution < 1.29 is 14.7 Å². The van der Waals surface area contributed by atoms with Crippen molar-refractivity contribution in [3.63, 3.8) is 0 Å². The largest absolute Gasteiger partial charge is 0.480 e. The SMILES string of the molecule is CC(C)[C@H](NC(=O)[C@H](C)Nc1ccc(Cl)c(Cl)c1)C(=O)O. The van der Waals surface area contributed by atoms with E-state index >= 15 is 0 Å². The van der Waals surface area contributed by atoms with Gasteiger partial charge in [-0.15, -0.1) is 0 Å². The van der Waals surface area contributed by atoms with Gasteiger partial charge in [-0.1, -0.05) is 37.0 Å². The van der Waals surface area contributed by atoms with Crippen LogP contribution in [0.4, 0.5) is 5.69 Å². The van der Waals surface area contributed by atoms with Crippen molar-refractivity contribution >= 4 is 40.8 Å². The molecule has 1 aromatic carbocycles. The molecule has 0 aliphatic heterocycles. The van der Waals surface area contributed by atoms with Gasteiger partial charge in [0.05, 0.1) is 10.0 Å². The summed E-state index contributed by atoms with van der Waals surface area (Å²) in [4.78, 5) is 23.1. The standard InChI is InChI=1S/C14H18Cl2N2O3/c1-7(2)12(14(20)21)18-13(19)8(3)17-9-4-5-10(15)11(16)6-9/h4-8,12,17H,1-3H3,(H,18,19)(H,20,21)/t8-,12-/m0/s1. The van der Waals surface area contributed by atoms with Crippen molar-refractivity contribution in [2.75, 3.05) is 5.32 Å². The quantitative estimate of drug-likeness (QED) is 0.748. The van der Waals surface area contributed by atoms with Crippen LogP contribution in [-0.2, 0) is 9.59 Å². The molecule has 0 heterocycles. The van der Waals surface area contributed by atoms with Crippen molar-refractivity contribution in [3.05, 3.63) is 28.2 Å². The van der Waals surface area contributed by atoms with E-state index in [-0.39, 0.29) is 5.92 Å². The molecule has 7 heteroatoms. The Morgan fingerprint density at radius 2 is 1.76 bits per heavy atom. The van der Waals surface area contributed by atoms with Crippen LogP contribution in [-0.4, -0.2) is 29.1 Å². The van der Waals surface area contributed by atoms with Crippen molar-refractivity contribution in [1.29, 1.82) is 0 Å². The second-order valence-electron chi connectivity index (χ2n) is 5.06. The van der Waals surface area contributed by atoms with Gasteiger partial charge in [0.25, 0.3) is 0 Å². The van der Waals surface area contributed by atoms with Gasteiger partial charge in [0.2, 0.25) is 5.91 Å². The molecule has 0 radical (unpaired) electrons. The van der Waals surface area contributed by atoms with E-state index in [1.54, 1.807) is 39.0 Å². The zero-order valence-electron chi connectivity index (χ0n) is 12.0. The highest BCUT2D eigenvalue weighted by Gasteiger charge is 2.25. The Hall–Kier alpha value is -1.46. The summed E-state index contributed by atoms with van der Waals surface area (Å²) >= 11 is 11.7. The number of benzene rings is 1. The Morgan fingerprint density at radius 1 is 1.14 bits per heavy atom. The van der Waals surface area contributed by atoms with Crippen LogP contribution < -0.4 is 10.6 Å². The van der Waals surface area contributed by atoms with Gasteiger partial charge in [-0.05, 0) is 31.0 Å². The predicted molar refractivity (Wildman–Crippen MR) is 84.0 cm³/mol. The van der Waals surface area contributed by atoms with E-state index in [1.165, 1.54) is 0 Å². The first-order valence-corrected chi connectivity index (χ1v) is 7.22. The number of rotatable bonds is 6. The summed E-state index contributed by atoms with van der Waals surface area (Å²) in [5, 5.41) is 15.3. The summed E-state index contributed by atoms with van der Waals surface area (Å²) in [7, 11) is 0. The predicted octanol–water partition coefficient (Wildman–Crippen LogP) is 3.02. The fraction of sp³-hybridized carbons (Fsp3) is 0.429. The number of hydrogen-bond acceptors (Lipinski definition) is 3. The summed E-state index contributed by atoms with van der Waals surface area (Å²) < 4.78 is 0. The lowest BCUT2D eigenvalue weighted by molar-refractivity contribution is -0.143. The van der Waals surface area contributed by atoms with E-state index < -0.39 is 24.0 Å². The van der Waals surface area contributed by atoms with Crippen LogP contribution in [0.15, 0.2) is 18.2 Å². The molecule has 116 valence electrons. The number of hydrogen-bond donors (Lipinski definition) is 3. The van der Waals surface area contributed by atoms with Gasteiger partial charge >= 0.3 is 5.97 Å². The average molecular weight is 333 g/mol. The van der Waals surface area contributed by atoms with Crippen LogP contribution in [0.1, 0.15) is 20.8 Å². The smallest absolute Gasteiger partial charge is 0.326 e. The molecule has 0 bridgehead atoms. The summed E-state index contributed by atoms with van der Waals surface area (Å²) in [6.45, 7) is 5.10. The molecule has 0 unspecified atom stereocenters. The fourth-order valence-electron chi connectivity index (χ4n) is 1.69. The highest BCUT2D eigenvalue weighted by atomic mass is 35.5. The zero-order chi connectivity index (χ0) is 16.2. The number of anilines is 1. The highest BCUT2D eigenvalue weighted by molar-refractivity contribution is 6.42. The van der Waals surface area contributed by atoms with Crippen LogP contribution in [0.5, 0.6) is 0 Å². The number of nitrogens with one attached hydrogen (secondary N) is 2. The molecule has 0 aliphatic rings. The lowest BCUT2D eigenvalue weighted by atomic mass is 10.0. The van der Waals surface area contributed by atoms with E-state index in [4.69, 9.17) is 28.3 Å². The van der Waals surface area contributed by atoms with Crippen LogP contribution >= 0.6 is 23.2 Å². The third-order valence-corrected chi connectivity index (χ3v) is 3.67. The molecule has 2 atom stereocenters. The van der Waals surface area contributed by atoms with Gasteiger partial charge in [-0.3, -0.25) is 4.79 Å². The van der Waals surface area contributed by atoms with Gasteiger partial charge in [-0.25, -0.2) is 4.79 Å². The van der Waals surface area contributed by atoms with E-state index in [0.717, 1.165) is 0 Å². The highest BCUT2D eigenvalue weighted by Crippen LogP contribution is 2.25. The molecule has 1 rings (SSSR count). The van der Waals surface area contributed by atoms with Crippen LogP contribution in [0.2, 0.25) is 10.0 Å². The Kier molecular flexibility index (Phi) is 6.30. The maximum Gasteiger partial charge on any atom is 0.326 e. The first-order valence-electron chi connectivity index (χ1n) is 6.47. The lowest BCUT2D eigenvalue weighted by Crippen LogP contribution is -2.49. The zero-order valence-corrected chi connectivity index (χ0v) is 13.5. The molecule has 1 aromatic rings. The fourth-order valence-corrected chi connectivity index (χ4v) is 1.99. The molecule has 0 fully saturated rings.